The van der Waals surface area contributed by atoms with Gasteiger partial charge in [-0.3, -0.25) is 4.79 Å². The number of aliphatic hydroxyl groups is 1. The van der Waals surface area contributed by atoms with Crippen molar-refractivity contribution in [2.45, 2.75) is 20.3 Å². The van der Waals surface area contributed by atoms with Crippen molar-refractivity contribution in [2.24, 2.45) is 0 Å². The van der Waals surface area contributed by atoms with Gasteiger partial charge in [-0.2, -0.15) is 0 Å². The van der Waals surface area contributed by atoms with Crippen LogP contribution in [0.25, 0.3) is 10.9 Å². The van der Waals surface area contributed by atoms with E-state index in [1.807, 2.05) is 13.8 Å². The van der Waals surface area contributed by atoms with E-state index in [0.29, 0.717) is 13.1 Å². The van der Waals surface area contributed by atoms with Gasteiger partial charge in [0.05, 0.1) is 13.0 Å². The van der Waals surface area contributed by atoms with Crippen LogP contribution in [0.1, 0.15) is 18.2 Å². The highest BCUT2D eigenvalue weighted by Gasteiger charge is 2.16. The van der Waals surface area contributed by atoms with Crippen molar-refractivity contribution in [3.05, 3.63) is 35.3 Å². The maximum atomic E-state index is 13.4. The summed E-state index contributed by atoms with van der Waals surface area (Å²) in [5.41, 5.74) is 2.52. The molecule has 4 nitrogen and oxygen atoms in total. The lowest BCUT2D eigenvalue weighted by Crippen LogP contribution is -2.34. The van der Waals surface area contributed by atoms with Crippen LogP contribution in [0, 0.1) is 12.7 Å². The van der Waals surface area contributed by atoms with Crippen LogP contribution in [0.3, 0.4) is 0 Å². The van der Waals surface area contributed by atoms with Crippen molar-refractivity contribution in [3.63, 3.8) is 0 Å². The second kappa shape index (κ2) is 6.05. The molecule has 0 atom stereocenters. The number of aromatic amines is 1. The fourth-order valence-corrected chi connectivity index (χ4v) is 2.43. The van der Waals surface area contributed by atoms with Gasteiger partial charge in [-0.15, -0.1) is 0 Å². The Balaban J connectivity index is 2.31. The van der Waals surface area contributed by atoms with Gasteiger partial charge in [-0.1, -0.05) is 0 Å². The Kier molecular flexibility index (Phi) is 4.39. The molecular weight excluding hydrogens is 259 g/mol. The van der Waals surface area contributed by atoms with E-state index in [-0.39, 0.29) is 24.8 Å². The highest BCUT2D eigenvalue weighted by Crippen LogP contribution is 2.24. The number of aromatic nitrogens is 1. The molecule has 1 aromatic carbocycles. The predicted molar refractivity (Wildman–Crippen MR) is 76.0 cm³/mol. The van der Waals surface area contributed by atoms with Crippen molar-refractivity contribution in [1.29, 1.82) is 0 Å². The van der Waals surface area contributed by atoms with Crippen LogP contribution in [0.4, 0.5) is 4.39 Å². The van der Waals surface area contributed by atoms with Gasteiger partial charge in [-0.25, -0.2) is 4.39 Å². The molecule has 1 heterocycles. The number of hydrogen-bond acceptors (Lipinski definition) is 2. The van der Waals surface area contributed by atoms with Gasteiger partial charge in [0.25, 0.3) is 0 Å². The highest BCUT2D eigenvalue weighted by atomic mass is 19.1. The van der Waals surface area contributed by atoms with Crippen LogP contribution in [0.5, 0.6) is 0 Å². The van der Waals surface area contributed by atoms with Gasteiger partial charge >= 0.3 is 0 Å². The molecule has 0 fully saturated rings. The summed E-state index contributed by atoms with van der Waals surface area (Å²) in [6.07, 6.45) is 0.211. The number of carbonyl (C=O) groups is 1. The Hall–Kier alpha value is -1.88. The summed E-state index contributed by atoms with van der Waals surface area (Å²) in [5, 5.41) is 9.70. The number of aliphatic hydroxyl groups excluding tert-OH is 1. The van der Waals surface area contributed by atoms with Gasteiger partial charge in [0.1, 0.15) is 5.82 Å². The maximum absolute atomic E-state index is 13.4. The Labute approximate surface area is 117 Å². The van der Waals surface area contributed by atoms with Crippen LogP contribution in [0.2, 0.25) is 0 Å². The summed E-state index contributed by atoms with van der Waals surface area (Å²) >= 11 is 0. The molecule has 108 valence electrons. The van der Waals surface area contributed by atoms with Gasteiger partial charge in [0.2, 0.25) is 5.91 Å². The molecule has 2 aromatic rings. The molecule has 20 heavy (non-hydrogen) atoms. The lowest BCUT2D eigenvalue weighted by Gasteiger charge is -2.19. The van der Waals surface area contributed by atoms with Gasteiger partial charge in [-0.05, 0) is 37.6 Å². The first-order valence-electron chi connectivity index (χ1n) is 6.72. The standard InChI is InChI=1S/C15H19FN2O2/c1-3-18(6-7-19)15(20)9-12-10(2)17-14-5-4-11(16)8-13(12)14/h4-5,8,17,19H,3,6-7,9H2,1-2H3. The van der Waals surface area contributed by atoms with E-state index >= 15 is 0 Å². The quantitative estimate of drug-likeness (QED) is 0.879. The Bertz CT molecular complexity index is 622. The zero-order valence-electron chi connectivity index (χ0n) is 11.7. The number of benzene rings is 1. The van der Waals surface area contributed by atoms with Crippen LogP contribution in [0.15, 0.2) is 18.2 Å². The van der Waals surface area contributed by atoms with Crippen LogP contribution in [-0.2, 0) is 11.2 Å². The second-order valence-electron chi connectivity index (χ2n) is 4.79. The van der Waals surface area contributed by atoms with E-state index in [1.54, 1.807) is 11.0 Å². The third kappa shape index (κ3) is 2.82. The highest BCUT2D eigenvalue weighted by molar-refractivity contribution is 5.90. The van der Waals surface area contributed by atoms with E-state index < -0.39 is 0 Å². The molecular formula is C15H19FN2O2. The monoisotopic (exact) mass is 278 g/mol. The van der Waals surface area contributed by atoms with Crippen LogP contribution in [-0.4, -0.2) is 40.6 Å². The number of nitrogens with zero attached hydrogens (tertiary/aromatic N) is 1. The first-order chi connectivity index (χ1) is 9.56. The number of hydrogen-bond donors (Lipinski definition) is 2. The predicted octanol–water partition coefficient (Wildman–Crippen LogP) is 2.00. The van der Waals surface area contributed by atoms with Gasteiger partial charge in [0.15, 0.2) is 0 Å². The molecule has 0 aliphatic rings. The zero-order chi connectivity index (χ0) is 14.7. The van der Waals surface area contributed by atoms with Gasteiger partial charge < -0.3 is 15.0 Å². The molecule has 0 radical (unpaired) electrons. The number of aryl methyl sites for hydroxylation is 1. The summed E-state index contributed by atoms with van der Waals surface area (Å²) in [7, 11) is 0. The molecule has 2 N–H and O–H groups in total. The van der Waals surface area contributed by atoms with E-state index in [1.165, 1.54) is 12.1 Å². The molecule has 2 rings (SSSR count). The second-order valence-corrected chi connectivity index (χ2v) is 4.79. The molecule has 1 aromatic heterocycles. The Morgan fingerprint density at radius 3 is 2.85 bits per heavy atom. The van der Waals surface area contributed by atoms with E-state index in [4.69, 9.17) is 5.11 Å². The van der Waals surface area contributed by atoms with E-state index in [0.717, 1.165) is 22.2 Å². The first-order valence-corrected chi connectivity index (χ1v) is 6.72. The number of carbonyl (C=O) groups excluding carboxylic acids is 1. The number of amides is 1. The number of nitrogens with one attached hydrogen (secondary N) is 1. The van der Waals surface area contributed by atoms with E-state index in [9.17, 15) is 9.18 Å². The molecule has 0 spiro atoms. The fraction of sp³-hybridized carbons (Fsp3) is 0.400. The van der Waals surface area contributed by atoms with Crippen molar-refractivity contribution < 1.29 is 14.3 Å². The summed E-state index contributed by atoms with van der Waals surface area (Å²) in [6, 6.07) is 4.52. The summed E-state index contributed by atoms with van der Waals surface area (Å²) < 4.78 is 13.4. The molecule has 0 unspecified atom stereocenters. The molecule has 1 amide bonds. The fourth-order valence-electron chi connectivity index (χ4n) is 2.43. The summed E-state index contributed by atoms with van der Waals surface area (Å²) in [4.78, 5) is 17.0. The van der Waals surface area contributed by atoms with Crippen molar-refractivity contribution >= 4 is 16.8 Å². The topological polar surface area (TPSA) is 56.3 Å². The average molecular weight is 278 g/mol. The normalized spacial score (nSPS) is 11.0. The third-order valence-electron chi connectivity index (χ3n) is 3.51. The smallest absolute Gasteiger partial charge is 0.227 e. The van der Waals surface area contributed by atoms with Gasteiger partial charge in [0, 0.05) is 29.7 Å². The third-order valence-corrected chi connectivity index (χ3v) is 3.51. The average Bonchev–Trinajstić information content (AvgIpc) is 2.72. The number of fused-ring (bicyclic) bond motifs is 1. The van der Waals surface area contributed by atoms with Crippen molar-refractivity contribution in [1.82, 2.24) is 9.88 Å². The minimum absolute atomic E-state index is 0.0545. The number of rotatable bonds is 5. The molecule has 0 aliphatic carbocycles. The minimum atomic E-state index is -0.312. The van der Waals surface area contributed by atoms with Crippen molar-refractivity contribution in [3.8, 4) is 0 Å². The lowest BCUT2D eigenvalue weighted by atomic mass is 10.1. The van der Waals surface area contributed by atoms with E-state index in [2.05, 4.69) is 4.98 Å². The molecule has 0 bridgehead atoms. The first kappa shape index (κ1) is 14.5. The number of likely N-dealkylation sites (N-methyl/N-ethyl adjacent to an activating group) is 1. The van der Waals surface area contributed by atoms with Crippen LogP contribution >= 0.6 is 0 Å². The number of H-pyrrole nitrogens is 1. The minimum Gasteiger partial charge on any atom is -0.395 e. The SMILES string of the molecule is CCN(CCO)C(=O)Cc1c(C)[nH]c2ccc(F)cc12. The molecule has 0 aliphatic heterocycles. The largest absolute Gasteiger partial charge is 0.395 e. The van der Waals surface area contributed by atoms with Crippen molar-refractivity contribution in [2.75, 3.05) is 19.7 Å². The summed E-state index contributed by atoms with van der Waals surface area (Å²) in [5.74, 6) is -0.372. The lowest BCUT2D eigenvalue weighted by molar-refractivity contribution is -0.130. The summed E-state index contributed by atoms with van der Waals surface area (Å²) in [6.45, 7) is 4.57. The Morgan fingerprint density at radius 1 is 1.45 bits per heavy atom. The number of halogens is 1. The Morgan fingerprint density at radius 2 is 2.20 bits per heavy atom. The zero-order valence-corrected chi connectivity index (χ0v) is 11.7. The maximum Gasteiger partial charge on any atom is 0.227 e. The molecule has 0 saturated carbocycles. The molecule has 0 saturated heterocycles. The molecule has 5 heteroatoms. The van der Waals surface area contributed by atoms with Crippen LogP contribution < -0.4 is 0 Å².